The summed E-state index contributed by atoms with van der Waals surface area (Å²) in [6.07, 6.45) is 8.24. The first-order chi connectivity index (χ1) is 14.1. The van der Waals surface area contributed by atoms with Crippen molar-refractivity contribution in [2.24, 2.45) is 5.92 Å². The average Bonchev–Trinajstić information content (AvgIpc) is 2.74. The monoisotopic (exact) mass is 398 g/mol. The van der Waals surface area contributed by atoms with Gasteiger partial charge < -0.3 is 9.80 Å². The van der Waals surface area contributed by atoms with Crippen molar-refractivity contribution in [2.45, 2.75) is 77.4 Å². The van der Waals surface area contributed by atoms with E-state index in [1.165, 1.54) is 37.8 Å². The van der Waals surface area contributed by atoms with E-state index in [-0.39, 0.29) is 5.92 Å². The molecule has 0 bridgehead atoms. The van der Waals surface area contributed by atoms with Gasteiger partial charge in [-0.05, 0) is 84.0 Å². The smallest absolute Gasteiger partial charge is 0.226 e. The summed E-state index contributed by atoms with van der Waals surface area (Å²) in [7, 11) is 0. The summed E-state index contributed by atoms with van der Waals surface area (Å²) in [4.78, 5) is 25.0. The topological polar surface area (TPSA) is 39.7 Å². The molecule has 0 spiro atoms. The van der Waals surface area contributed by atoms with Crippen molar-refractivity contribution in [3.05, 3.63) is 29.6 Å². The van der Waals surface area contributed by atoms with E-state index in [9.17, 15) is 4.79 Å². The SMILES string of the molecule is Cc1cccc(CN2CCC(N3CCC(C(=O)N4CCCCC4C)CC3)CC2)n1. The van der Waals surface area contributed by atoms with Crippen LogP contribution in [0.2, 0.25) is 0 Å². The van der Waals surface area contributed by atoms with Crippen LogP contribution < -0.4 is 0 Å². The molecule has 5 nitrogen and oxygen atoms in total. The van der Waals surface area contributed by atoms with Crippen LogP contribution in [0.25, 0.3) is 0 Å². The molecule has 0 N–H and O–H groups in total. The summed E-state index contributed by atoms with van der Waals surface area (Å²) >= 11 is 0. The number of carbonyl (C=O) groups is 1. The van der Waals surface area contributed by atoms with Crippen LogP contribution in [0.15, 0.2) is 18.2 Å². The maximum absolute atomic E-state index is 13.0. The average molecular weight is 399 g/mol. The Morgan fingerprint density at radius 3 is 2.45 bits per heavy atom. The molecule has 3 aliphatic rings. The lowest BCUT2D eigenvalue weighted by Gasteiger charge is -2.43. The van der Waals surface area contributed by atoms with Crippen LogP contribution in [0.5, 0.6) is 0 Å². The molecule has 0 aliphatic carbocycles. The standard InChI is InChI=1S/C24H38N4O/c1-19-6-5-8-22(25-19)18-26-14-11-23(12-15-26)27-16-9-21(10-17-27)24(29)28-13-4-3-7-20(28)2/h5-6,8,20-21,23H,3-4,7,9-18H2,1-2H3. The molecule has 1 aromatic heterocycles. The van der Waals surface area contributed by atoms with Crippen LogP contribution >= 0.6 is 0 Å². The third kappa shape index (κ3) is 5.18. The van der Waals surface area contributed by atoms with Gasteiger partial charge in [-0.3, -0.25) is 14.7 Å². The van der Waals surface area contributed by atoms with Gasteiger partial charge >= 0.3 is 0 Å². The molecular weight excluding hydrogens is 360 g/mol. The molecule has 3 fully saturated rings. The van der Waals surface area contributed by atoms with E-state index in [4.69, 9.17) is 0 Å². The summed E-state index contributed by atoms with van der Waals surface area (Å²) in [6, 6.07) is 7.46. The first-order valence-electron chi connectivity index (χ1n) is 11.8. The maximum Gasteiger partial charge on any atom is 0.226 e. The van der Waals surface area contributed by atoms with E-state index >= 15 is 0 Å². The van der Waals surface area contributed by atoms with Crippen molar-refractivity contribution in [3.63, 3.8) is 0 Å². The molecule has 4 heterocycles. The van der Waals surface area contributed by atoms with Crippen LogP contribution in [0.4, 0.5) is 0 Å². The zero-order chi connectivity index (χ0) is 20.2. The van der Waals surface area contributed by atoms with Gasteiger partial charge in [-0.1, -0.05) is 6.07 Å². The molecule has 0 aromatic carbocycles. The van der Waals surface area contributed by atoms with Crippen molar-refractivity contribution >= 4 is 5.91 Å². The van der Waals surface area contributed by atoms with Gasteiger partial charge in [-0.15, -0.1) is 0 Å². The van der Waals surface area contributed by atoms with Crippen LogP contribution in [-0.2, 0) is 11.3 Å². The van der Waals surface area contributed by atoms with Crippen molar-refractivity contribution in [2.75, 3.05) is 32.7 Å². The lowest BCUT2D eigenvalue weighted by Crippen LogP contribution is -2.51. The third-order valence-corrected chi connectivity index (χ3v) is 7.37. The Morgan fingerprint density at radius 1 is 1.00 bits per heavy atom. The lowest BCUT2D eigenvalue weighted by molar-refractivity contribution is -0.140. The second kappa shape index (κ2) is 9.57. The molecular formula is C24H38N4O. The van der Waals surface area contributed by atoms with E-state index in [0.29, 0.717) is 18.0 Å². The predicted molar refractivity (Wildman–Crippen MR) is 117 cm³/mol. The predicted octanol–water partition coefficient (Wildman–Crippen LogP) is 3.47. The molecule has 3 saturated heterocycles. The van der Waals surface area contributed by atoms with Gasteiger partial charge in [0.25, 0.3) is 0 Å². The Kier molecular flexibility index (Phi) is 6.86. The minimum Gasteiger partial charge on any atom is -0.340 e. The molecule has 3 aliphatic heterocycles. The molecule has 29 heavy (non-hydrogen) atoms. The number of likely N-dealkylation sites (tertiary alicyclic amines) is 3. The molecule has 1 amide bonds. The summed E-state index contributed by atoms with van der Waals surface area (Å²) in [6.45, 7) is 10.8. The Labute approximate surface area is 176 Å². The molecule has 4 rings (SSSR count). The first-order valence-corrected chi connectivity index (χ1v) is 11.8. The van der Waals surface area contributed by atoms with Gasteiger partial charge in [-0.25, -0.2) is 0 Å². The Bertz CT molecular complexity index is 677. The number of aromatic nitrogens is 1. The number of aryl methyl sites for hydroxylation is 1. The van der Waals surface area contributed by atoms with Crippen molar-refractivity contribution < 1.29 is 4.79 Å². The van der Waals surface area contributed by atoms with Crippen LogP contribution in [-0.4, -0.2) is 70.4 Å². The maximum atomic E-state index is 13.0. The molecule has 1 aromatic rings. The highest BCUT2D eigenvalue weighted by atomic mass is 16.2. The zero-order valence-corrected chi connectivity index (χ0v) is 18.4. The minimum absolute atomic E-state index is 0.263. The highest BCUT2D eigenvalue weighted by molar-refractivity contribution is 5.79. The van der Waals surface area contributed by atoms with E-state index in [1.807, 2.05) is 0 Å². The number of pyridine rings is 1. The Balaban J connectivity index is 1.21. The van der Waals surface area contributed by atoms with E-state index in [1.54, 1.807) is 0 Å². The summed E-state index contributed by atoms with van der Waals surface area (Å²) in [5.74, 6) is 0.705. The highest BCUT2D eigenvalue weighted by Crippen LogP contribution is 2.27. The van der Waals surface area contributed by atoms with Crippen LogP contribution in [0.1, 0.15) is 63.3 Å². The first kappa shape index (κ1) is 20.8. The number of hydrogen-bond acceptors (Lipinski definition) is 4. The summed E-state index contributed by atoms with van der Waals surface area (Å²) in [5, 5.41) is 0. The number of amides is 1. The van der Waals surface area contributed by atoms with Gasteiger partial charge in [-0.2, -0.15) is 0 Å². The third-order valence-electron chi connectivity index (χ3n) is 7.37. The second-order valence-electron chi connectivity index (χ2n) is 9.46. The van der Waals surface area contributed by atoms with Crippen LogP contribution in [0, 0.1) is 12.8 Å². The van der Waals surface area contributed by atoms with Gasteiger partial charge in [0, 0.05) is 49.9 Å². The normalized spacial score (nSPS) is 26.0. The lowest BCUT2D eigenvalue weighted by atomic mass is 9.91. The van der Waals surface area contributed by atoms with Crippen LogP contribution in [0.3, 0.4) is 0 Å². The van der Waals surface area contributed by atoms with Gasteiger partial charge in [0.15, 0.2) is 0 Å². The van der Waals surface area contributed by atoms with Gasteiger partial charge in [0.2, 0.25) is 5.91 Å². The van der Waals surface area contributed by atoms with Crippen molar-refractivity contribution in [3.8, 4) is 0 Å². The largest absolute Gasteiger partial charge is 0.340 e. The van der Waals surface area contributed by atoms with E-state index < -0.39 is 0 Å². The second-order valence-corrected chi connectivity index (χ2v) is 9.46. The molecule has 5 heteroatoms. The van der Waals surface area contributed by atoms with E-state index in [2.05, 4.69) is 51.7 Å². The van der Waals surface area contributed by atoms with Gasteiger partial charge in [0.1, 0.15) is 0 Å². The Morgan fingerprint density at radius 2 is 1.76 bits per heavy atom. The van der Waals surface area contributed by atoms with Gasteiger partial charge in [0.05, 0.1) is 5.69 Å². The Hall–Kier alpha value is -1.46. The summed E-state index contributed by atoms with van der Waals surface area (Å²) in [5.41, 5.74) is 2.29. The summed E-state index contributed by atoms with van der Waals surface area (Å²) < 4.78 is 0. The van der Waals surface area contributed by atoms with Crippen molar-refractivity contribution in [1.29, 1.82) is 0 Å². The fraction of sp³-hybridized carbons (Fsp3) is 0.750. The number of rotatable bonds is 4. The molecule has 160 valence electrons. The molecule has 0 saturated carbocycles. The van der Waals surface area contributed by atoms with E-state index in [0.717, 1.165) is 57.8 Å². The van der Waals surface area contributed by atoms with Crippen molar-refractivity contribution in [1.82, 2.24) is 19.7 Å². The number of hydrogen-bond donors (Lipinski definition) is 0. The number of nitrogens with zero attached hydrogens (tertiary/aromatic N) is 4. The quantitative estimate of drug-likeness (QED) is 0.779. The molecule has 1 unspecified atom stereocenters. The fourth-order valence-corrected chi connectivity index (χ4v) is 5.53. The fourth-order valence-electron chi connectivity index (χ4n) is 5.53. The number of carbonyl (C=O) groups excluding carboxylic acids is 1. The molecule has 0 radical (unpaired) electrons. The highest BCUT2D eigenvalue weighted by Gasteiger charge is 2.34. The zero-order valence-electron chi connectivity index (χ0n) is 18.4. The molecule has 1 atom stereocenters. The number of piperidine rings is 3. The minimum atomic E-state index is 0.263.